The second kappa shape index (κ2) is 8.12. The molecular weight excluding hydrogens is 295 g/mol. The van der Waals surface area contributed by atoms with E-state index in [2.05, 4.69) is 6.92 Å². The van der Waals surface area contributed by atoms with Gasteiger partial charge < -0.3 is 5.11 Å². The number of halogens is 1. The molecule has 0 atom stereocenters. The first kappa shape index (κ1) is 17.6. The third kappa shape index (κ3) is 5.46. The molecule has 0 fully saturated rings. The highest BCUT2D eigenvalue weighted by Gasteiger charge is 2.18. The third-order valence-corrected chi connectivity index (χ3v) is 5.09. The minimum Gasteiger partial charge on any atom is -0.478 e. The zero-order valence-electron chi connectivity index (χ0n) is 12.1. The number of hydrogen-bond acceptors (Lipinski definition) is 3. The molecule has 0 heterocycles. The van der Waals surface area contributed by atoms with E-state index in [0.717, 1.165) is 50.3 Å². The quantitative estimate of drug-likeness (QED) is 0.557. The van der Waals surface area contributed by atoms with Crippen molar-refractivity contribution in [3.8, 4) is 0 Å². The molecule has 6 heteroatoms. The Kier molecular flexibility index (Phi) is 6.81. The predicted molar refractivity (Wildman–Crippen MR) is 78.8 cm³/mol. The third-order valence-electron chi connectivity index (χ3n) is 3.29. The highest BCUT2D eigenvalue weighted by molar-refractivity contribution is 7.91. The molecule has 0 saturated heterocycles. The second-order valence-electron chi connectivity index (χ2n) is 5.03. The van der Waals surface area contributed by atoms with Gasteiger partial charge in [0, 0.05) is 0 Å². The molecule has 0 radical (unpaired) electrons. The summed E-state index contributed by atoms with van der Waals surface area (Å²) >= 11 is 0. The van der Waals surface area contributed by atoms with Crippen LogP contribution in [0, 0.1) is 5.82 Å². The van der Waals surface area contributed by atoms with Gasteiger partial charge in [0.05, 0.1) is 16.2 Å². The van der Waals surface area contributed by atoms with Crippen molar-refractivity contribution in [3.63, 3.8) is 0 Å². The molecule has 0 unspecified atom stereocenters. The Morgan fingerprint density at radius 2 is 1.76 bits per heavy atom. The van der Waals surface area contributed by atoms with Crippen LogP contribution in [-0.4, -0.2) is 25.2 Å². The lowest BCUT2D eigenvalue weighted by atomic mass is 10.1. The molecule has 0 saturated carbocycles. The van der Waals surface area contributed by atoms with Crippen molar-refractivity contribution in [1.82, 2.24) is 0 Å². The van der Waals surface area contributed by atoms with Gasteiger partial charge in [0.2, 0.25) is 0 Å². The molecule has 21 heavy (non-hydrogen) atoms. The van der Waals surface area contributed by atoms with Gasteiger partial charge in [0.1, 0.15) is 5.82 Å². The Balaban J connectivity index is 2.66. The van der Waals surface area contributed by atoms with E-state index in [1.165, 1.54) is 0 Å². The van der Waals surface area contributed by atoms with Gasteiger partial charge in [-0.3, -0.25) is 0 Å². The van der Waals surface area contributed by atoms with Crippen LogP contribution in [-0.2, 0) is 9.84 Å². The minimum atomic E-state index is -3.56. The molecule has 1 rings (SSSR count). The lowest BCUT2D eigenvalue weighted by molar-refractivity contribution is 0.0691. The predicted octanol–water partition coefficient (Wildman–Crippen LogP) is 3.66. The summed E-state index contributed by atoms with van der Waals surface area (Å²) in [6.45, 7) is 2.11. The van der Waals surface area contributed by atoms with Crippen molar-refractivity contribution in [2.24, 2.45) is 0 Å². The molecule has 1 N–H and O–H groups in total. The first-order valence-electron chi connectivity index (χ1n) is 7.14. The van der Waals surface area contributed by atoms with E-state index in [-0.39, 0.29) is 10.6 Å². The summed E-state index contributed by atoms with van der Waals surface area (Å²) in [5, 5.41) is 8.82. The van der Waals surface area contributed by atoms with Crippen LogP contribution in [0.3, 0.4) is 0 Å². The first-order chi connectivity index (χ1) is 9.88. The zero-order valence-corrected chi connectivity index (χ0v) is 13.0. The fraction of sp³-hybridized carbons (Fsp3) is 0.533. The molecule has 0 aromatic heterocycles. The smallest absolute Gasteiger partial charge is 0.338 e. The number of unbranched alkanes of at least 4 members (excludes halogenated alkanes) is 5. The van der Waals surface area contributed by atoms with Crippen LogP contribution < -0.4 is 0 Å². The molecule has 0 bridgehead atoms. The maximum Gasteiger partial charge on any atom is 0.338 e. The molecule has 1 aromatic rings. The number of rotatable bonds is 9. The second-order valence-corrected chi connectivity index (χ2v) is 7.14. The summed E-state index contributed by atoms with van der Waals surface area (Å²) in [6.07, 6.45) is 5.72. The minimum absolute atomic E-state index is 0.0379. The average molecular weight is 316 g/mol. The highest BCUT2D eigenvalue weighted by Crippen LogP contribution is 2.18. The van der Waals surface area contributed by atoms with Gasteiger partial charge in [-0.15, -0.1) is 0 Å². The topological polar surface area (TPSA) is 71.4 Å². The number of carboxylic acids is 1. The van der Waals surface area contributed by atoms with Crippen molar-refractivity contribution in [2.75, 3.05) is 5.75 Å². The van der Waals surface area contributed by atoms with E-state index in [1.807, 2.05) is 0 Å². The van der Waals surface area contributed by atoms with E-state index in [0.29, 0.717) is 6.42 Å². The average Bonchev–Trinajstić information content (AvgIpc) is 2.42. The molecule has 118 valence electrons. The maximum absolute atomic E-state index is 13.3. The van der Waals surface area contributed by atoms with Gasteiger partial charge in [0.15, 0.2) is 9.84 Å². The monoisotopic (exact) mass is 316 g/mol. The normalized spacial score (nSPS) is 11.5. The first-order valence-corrected chi connectivity index (χ1v) is 8.79. The fourth-order valence-electron chi connectivity index (χ4n) is 2.05. The van der Waals surface area contributed by atoms with Crippen LogP contribution >= 0.6 is 0 Å². The Morgan fingerprint density at radius 3 is 2.38 bits per heavy atom. The summed E-state index contributed by atoms with van der Waals surface area (Å²) in [6, 6.07) is 2.90. The highest BCUT2D eigenvalue weighted by atomic mass is 32.2. The van der Waals surface area contributed by atoms with Crippen LogP contribution in [0.4, 0.5) is 4.39 Å². The molecular formula is C15H21FO4S. The van der Waals surface area contributed by atoms with Gasteiger partial charge in [-0.1, -0.05) is 39.0 Å². The molecule has 4 nitrogen and oxygen atoms in total. The molecule has 0 aliphatic carbocycles. The van der Waals surface area contributed by atoms with Gasteiger partial charge in [-0.25, -0.2) is 17.6 Å². The number of benzene rings is 1. The van der Waals surface area contributed by atoms with Gasteiger partial charge >= 0.3 is 5.97 Å². The van der Waals surface area contributed by atoms with E-state index >= 15 is 0 Å². The molecule has 0 aliphatic rings. The van der Waals surface area contributed by atoms with E-state index in [1.54, 1.807) is 0 Å². The number of aromatic carboxylic acids is 1. The Bertz CT molecular complexity index is 581. The lowest BCUT2D eigenvalue weighted by Crippen LogP contribution is -2.09. The van der Waals surface area contributed by atoms with Crippen LogP contribution in [0.25, 0.3) is 0 Å². The Labute approximate surface area is 124 Å². The lowest BCUT2D eigenvalue weighted by Gasteiger charge is -2.06. The molecule has 0 aliphatic heterocycles. The SMILES string of the molecule is CCCCCCCCS(=O)(=O)c1ccc(F)c(C(=O)O)c1. The number of carbonyl (C=O) groups is 1. The van der Waals surface area contributed by atoms with Crippen LogP contribution in [0.5, 0.6) is 0 Å². The summed E-state index contributed by atoms with van der Waals surface area (Å²) < 4.78 is 37.4. The van der Waals surface area contributed by atoms with Gasteiger partial charge in [-0.2, -0.15) is 0 Å². The number of carboxylic acid groups (broad SMARTS) is 1. The summed E-state index contributed by atoms with van der Waals surface area (Å²) in [5.41, 5.74) is -0.612. The van der Waals surface area contributed by atoms with Crippen molar-refractivity contribution in [3.05, 3.63) is 29.6 Å². The maximum atomic E-state index is 13.3. The summed E-state index contributed by atoms with van der Waals surface area (Å²) in [7, 11) is -3.56. The van der Waals surface area contributed by atoms with Crippen molar-refractivity contribution >= 4 is 15.8 Å². The van der Waals surface area contributed by atoms with Crippen molar-refractivity contribution < 1.29 is 22.7 Å². The van der Waals surface area contributed by atoms with E-state index in [4.69, 9.17) is 5.11 Å². The standard InChI is InChI=1S/C15H21FO4S/c1-2-3-4-5-6-7-10-21(19,20)12-8-9-14(16)13(11-12)15(17)18/h8-9,11H,2-7,10H2,1H3,(H,17,18). The number of hydrogen-bond donors (Lipinski definition) is 1. The van der Waals surface area contributed by atoms with E-state index < -0.39 is 27.2 Å². The van der Waals surface area contributed by atoms with Crippen LogP contribution in [0.15, 0.2) is 23.1 Å². The zero-order chi connectivity index (χ0) is 15.9. The van der Waals surface area contributed by atoms with Crippen LogP contribution in [0.2, 0.25) is 0 Å². The van der Waals surface area contributed by atoms with Gasteiger partial charge in [-0.05, 0) is 24.6 Å². The van der Waals surface area contributed by atoms with E-state index in [9.17, 15) is 17.6 Å². The molecule has 0 spiro atoms. The number of sulfone groups is 1. The summed E-state index contributed by atoms with van der Waals surface area (Å²) in [5.74, 6) is -2.44. The molecule has 1 aromatic carbocycles. The summed E-state index contributed by atoms with van der Waals surface area (Å²) in [4.78, 5) is 10.7. The largest absolute Gasteiger partial charge is 0.478 e. The Morgan fingerprint density at radius 1 is 1.14 bits per heavy atom. The Hall–Kier alpha value is -1.43. The van der Waals surface area contributed by atoms with Crippen molar-refractivity contribution in [2.45, 2.75) is 50.3 Å². The van der Waals surface area contributed by atoms with Crippen molar-refractivity contribution in [1.29, 1.82) is 0 Å². The van der Waals surface area contributed by atoms with Gasteiger partial charge in [0.25, 0.3) is 0 Å². The van der Waals surface area contributed by atoms with Crippen LogP contribution in [0.1, 0.15) is 55.8 Å². The molecule has 0 amide bonds. The fourth-order valence-corrected chi connectivity index (χ4v) is 3.44.